The van der Waals surface area contributed by atoms with E-state index in [2.05, 4.69) is 5.32 Å². The zero-order valence-electron chi connectivity index (χ0n) is 12.0. The van der Waals surface area contributed by atoms with Gasteiger partial charge in [0.2, 0.25) is 0 Å². The first-order valence-electron chi connectivity index (χ1n) is 7.21. The number of fused-ring (bicyclic) bond motifs is 1. The number of hydrogen-bond acceptors (Lipinski definition) is 3. The van der Waals surface area contributed by atoms with Crippen LogP contribution in [0.2, 0.25) is 0 Å². The predicted octanol–water partition coefficient (Wildman–Crippen LogP) is 3.75. The standard InChI is InChI=1S/C18H17NO2S/c20-17(16-8-10-22-12-16)7-9-19-18(21)15-6-5-13-3-1-2-4-14(13)11-15/h1-6,8,10-12,17,20H,7,9H2,(H,19,21). The summed E-state index contributed by atoms with van der Waals surface area (Å²) in [6, 6.07) is 15.5. The van der Waals surface area contributed by atoms with E-state index in [1.54, 1.807) is 11.3 Å². The largest absolute Gasteiger partial charge is 0.388 e. The number of hydrogen-bond donors (Lipinski definition) is 2. The summed E-state index contributed by atoms with van der Waals surface area (Å²) in [6.45, 7) is 0.447. The monoisotopic (exact) mass is 311 g/mol. The fraction of sp³-hybridized carbons (Fsp3) is 0.167. The molecule has 0 aliphatic carbocycles. The molecule has 3 rings (SSSR count). The number of aliphatic hydroxyl groups is 1. The first-order chi connectivity index (χ1) is 10.7. The van der Waals surface area contributed by atoms with Crippen molar-refractivity contribution in [3.05, 3.63) is 70.4 Å². The third-order valence-electron chi connectivity index (χ3n) is 3.64. The van der Waals surface area contributed by atoms with Crippen LogP contribution in [0.5, 0.6) is 0 Å². The molecule has 1 aromatic heterocycles. The number of amides is 1. The topological polar surface area (TPSA) is 49.3 Å². The molecule has 0 bridgehead atoms. The fourth-order valence-corrected chi connectivity index (χ4v) is 3.09. The highest BCUT2D eigenvalue weighted by Gasteiger charge is 2.10. The van der Waals surface area contributed by atoms with Crippen LogP contribution in [0.15, 0.2) is 59.3 Å². The molecule has 0 aliphatic heterocycles. The zero-order valence-corrected chi connectivity index (χ0v) is 12.8. The summed E-state index contributed by atoms with van der Waals surface area (Å²) in [5.41, 5.74) is 1.55. The highest BCUT2D eigenvalue weighted by Crippen LogP contribution is 2.19. The second-order valence-corrected chi connectivity index (χ2v) is 5.96. The van der Waals surface area contributed by atoms with E-state index in [9.17, 15) is 9.90 Å². The Hall–Kier alpha value is -2.17. The Bertz CT molecular complexity index is 768. The maximum absolute atomic E-state index is 12.2. The van der Waals surface area contributed by atoms with Crippen molar-refractivity contribution in [3.63, 3.8) is 0 Å². The van der Waals surface area contributed by atoms with Gasteiger partial charge in [-0.1, -0.05) is 30.3 Å². The van der Waals surface area contributed by atoms with Crippen LogP contribution in [-0.4, -0.2) is 17.6 Å². The zero-order chi connectivity index (χ0) is 15.4. The number of nitrogens with one attached hydrogen (secondary N) is 1. The van der Waals surface area contributed by atoms with Crippen molar-refractivity contribution >= 4 is 28.0 Å². The molecule has 1 atom stereocenters. The molecule has 0 saturated carbocycles. The van der Waals surface area contributed by atoms with Gasteiger partial charge >= 0.3 is 0 Å². The van der Waals surface area contributed by atoms with E-state index in [4.69, 9.17) is 0 Å². The molecule has 4 heteroatoms. The summed E-state index contributed by atoms with van der Waals surface area (Å²) in [5, 5.41) is 18.9. The quantitative estimate of drug-likeness (QED) is 0.754. The Labute approximate surface area is 133 Å². The third-order valence-corrected chi connectivity index (χ3v) is 4.34. The van der Waals surface area contributed by atoms with Gasteiger partial charge in [-0.25, -0.2) is 0 Å². The lowest BCUT2D eigenvalue weighted by atomic mass is 10.1. The van der Waals surface area contributed by atoms with E-state index in [0.717, 1.165) is 16.3 Å². The Kier molecular flexibility index (Phi) is 4.51. The van der Waals surface area contributed by atoms with Crippen LogP contribution in [0.1, 0.15) is 28.4 Å². The second-order valence-electron chi connectivity index (χ2n) is 5.18. The number of carbonyl (C=O) groups is 1. The summed E-state index contributed by atoms with van der Waals surface area (Å²) in [7, 11) is 0. The van der Waals surface area contributed by atoms with Gasteiger partial charge in [0.15, 0.2) is 0 Å². The van der Waals surface area contributed by atoms with E-state index >= 15 is 0 Å². The lowest BCUT2D eigenvalue weighted by molar-refractivity contribution is 0.0943. The molecule has 0 saturated heterocycles. The number of rotatable bonds is 5. The number of benzene rings is 2. The maximum Gasteiger partial charge on any atom is 0.251 e. The van der Waals surface area contributed by atoms with Gasteiger partial charge in [0.1, 0.15) is 0 Å². The van der Waals surface area contributed by atoms with Crippen molar-refractivity contribution in [1.29, 1.82) is 0 Å². The smallest absolute Gasteiger partial charge is 0.251 e. The molecular formula is C18H17NO2S. The Morgan fingerprint density at radius 2 is 1.95 bits per heavy atom. The summed E-state index contributed by atoms with van der Waals surface area (Å²) in [4.78, 5) is 12.2. The number of carbonyl (C=O) groups excluding carboxylic acids is 1. The molecule has 1 heterocycles. The van der Waals surface area contributed by atoms with Crippen molar-refractivity contribution in [1.82, 2.24) is 5.32 Å². The van der Waals surface area contributed by atoms with Crippen LogP contribution < -0.4 is 5.32 Å². The average Bonchev–Trinajstić information content (AvgIpc) is 3.08. The van der Waals surface area contributed by atoms with Gasteiger partial charge in [0.05, 0.1) is 6.10 Å². The van der Waals surface area contributed by atoms with Gasteiger partial charge in [-0.3, -0.25) is 4.79 Å². The van der Waals surface area contributed by atoms with Gasteiger partial charge < -0.3 is 10.4 Å². The van der Waals surface area contributed by atoms with Gasteiger partial charge in [0, 0.05) is 12.1 Å². The maximum atomic E-state index is 12.2. The van der Waals surface area contributed by atoms with E-state index in [1.807, 2.05) is 59.3 Å². The normalized spacial score (nSPS) is 12.2. The second kappa shape index (κ2) is 6.73. The molecule has 0 fully saturated rings. The van der Waals surface area contributed by atoms with Crippen molar-refractivity contribution in [2.45, 2.75) is 12.5 Å². The first kappa shape index (κ1) is 14.8. The number of thiophene rings is 1. The van der Waals surface area contributed by atoms with Gasteiger partial charge in [0.25, 0.3) is 5.91 Å². The molecule has 22 heavy (non-hydrogen) atoms. The molecule has 1 unspecified atom stereocenters. The summed E-state index contributed by atoms with van der Waals surface area (Å²) < 4.78 is 0. The van der Waals surface area contributed by atoms with Crippen molar-refractivity contribution < 1.29 is 9.90 Å². The third kappa shape index (κ3) is 3.35. The van der Waals surface area contributed by atoms with Crippen molar-refractivity contribution in [2.75, 3.05) is 6.54 Å². The number of aliphatic hydroxyl groups excluding tert-OH is 1. The van der Waals surface area contributed by atoms with E-state index in [-0.39, 0.29) is 5.91 Å². The van der Waals surface area contributed by atoms with E-state index in [0.29, 0.717) is 18.5 Å². The summed E-state index contributed by atoms with van der Waals surface area (Å²) >= 11 is 1.56. The summed E-state index contributed by atoms with van der Waals surface area (Å²) in [5.74, 6) is -0.108. The van der Waals surface area contributed by atoms with Crippen LogP contribution >= 0.6 is 11.3 Å². The highest BCUT2D eigenvalue weighted by molar-refractivity contribution is 7.07. The van der Waals surface area contributed by atoms with Gasteiger partial charge in [-0.2, -0.15) is 11.3 Å². The lowest BCUT2D eigenvalue weighted by Crippen LogP contribution is -2.25. The highest BCUT2D eigenvalue weighted by atomic mass is 32.1. The molecule has 0 aliphatic rings. The minimum absolute atomic E-state index is 0.108. The van der Waals surface area contributed by atoms with Crippen molar-refractivity contribution in [3.8, 4) is 0 Å². The fourth-order valence-electron chi connectivity index (χ4n) is 2.39. The predicted molar refractivity (Wildman–Crippen MR) is 90.2 cm³/mol. The molecule has 0 radical (unpaired) electrons. The van der Waals surface area contributed by atoms with Crippen LogP contribution in [0, 0.1) is 0 Å². The Balaban J connectivity index is 1.59. The molecular weight excluding hydrogens is 294 g/mol. The Morgan fingerprint density at radius 3 is 2.73 bits per heavy atom. The minimum Gasteiger partial charge on any atom is -0.388 e. The lowest BCUT2D eigenvalue weighted by Gasteiger charge is -2.10. The average molecular weight is 311 g/mol. The van der Waals surface area contributed by atoms with E-state index in [1.165, 1.54) is 0 Å². The molecule has 3 nitrogen and oxygen atoms in total. The van der Waals surface area contributed by atoms with Crippen LogP contribution in [0.3, 0.4) is 0 Å². The SMILES string of the molecule is O=C(NCCC(O)c1ccsc1)c1ccc2ccccc2c1. The van der Waals surface area contributed by atoms with Crippen molar-refractivity contribution in [2.24, 2.45) is 0 Å². The molecule has 2 aromatic carbocycles. The molecule has 1 amide bonds. The molecule has 0 spiro atoms. The van der Waals surface area contributed by atoms with Gasteiger partial charge in [-0.15, -0.1) is 0 Å². The first-order valence-corrected chi connectivity index (χ1v) is 8.15. The van der Waals surface area contributed by atoms with Crippen LogP contribution in [0.25, 0.3) is 10.8 Å². The molecule has 112 valence electrons. The Morgan fingerprint density at radius 1 is 1.14 bits per heavy atom. The molecule has 2 N–H and O–H groups in total. The van der Waals surface area contributed by atoms with Crippen LogP contribution in [-0.2, 0) is 0 Å². The van der Waals surface area contributed by atoms with Crippen LogP contribution in [0.4, 0.5) is 0 Å². The molecule has 3 aromatic rings. The van der Waals surface area contributed by atoms with E-state index < -0.39 is 6.10 Å². The minimum atomic E-state index is -0.525. The summed E-state index contributed by atoms with van der Waals surface area (Å²) in [6.07, 6.45) is -0.0149. The van der Waals surface area contributed by atoms with Gasteiger partial charge in [-0.05, 0) is 51.7 Å².